The fourth-order valence-electron chi connectivity index (χ4n) is 5.66. The third kappa shape index (κ3) is 6.83. The highest BCUT2D eigenvalue weighted by atomic mass is 15.3. The number of rotatable bonds is 10. The van der Waals surface area contributed by atoms with E-state index < -0.39 is 0 Å². The zero-order valence-corrected chi connectivity index (χ0v) is 28.0. The number of anilines is 4. The first-order valence-corrected chi connectivity index (χ1v) is 15.6. The molecule has 3 N–H and O–H groups in total. The van der Waals surface area contributed by atoms with Crippen LogP contribution in [0, 0.1) is 32.1 Å². The summed E-state index contributed by atoms with van der Waals surface area (Å²) in [6.45, 7) is 21.1. The number of aromatic nitrogens is 3. The van der Waals surface area contributed by atoms with Crippen LogP contribution in [0.3, 0.4) is 0 Å². The van der Waals surface area contributed by atoms with E-state index in [-0.39, 0.29) is 5.41 Å². The van der Waals surface area contributed by atoms with Gasteiger partial charge in [0, 0.05) is 16.8 Å². The maximum absolute atomic E-state index is 9.92. The highest BCUT2D eigenvalue weighted by molar-refractivity contribution is 5.78. The van der Waals surface area contributed by atoms with Crippen LogP contribution in [0.15, 0.2) is 40.6 Å². The zero-order chi connectivity index (χ0) is 32.2. The normalized spacial score (nSPS) is 11.7. The van der Waals surface area contributed by atoms with E-state index >= 15 is 0 Å². The molecule has 2 heterocycles. The number of benzene rings is 2. The Morgan fingerprint density at radius 1 is 0.773 bits per heavy atom. The topological polar surface area (TPSA) is 114 Å². The van der Waals surface area contributed by atoms with Crippen LogP contribution in [0.1, 0.15) is 98.7 Å². The van der Waals surface area contributed by atoms with Crippen molar-refractivity contribution in [3.05, 3.63) is 80.5 Å². The maximum atomic E-state index is 9.92. The van der Waals surface area contributed by atoms with Crippen LogP contribution in [-0.4, -0.2) is 15.2 Å². The highest BCUT2D eigenvalue weighted by Gasteiger charge is 2.25. The molecule has 0 aliphatic heterocycles. The summed E-state index contributed by atoms with van der Waals surface area (Å²) in [5.41, 5.74) is 11.9. The van der Waals surface area contributed by atoms with Gasteiger partial charge in [0.15, 0.2) is 11.6 Å². The molecular weight excluding hydrogens is 544 g/mol. The minimum atomic E-state index is -0.309. The second kappa shape index (κ2) is 13.4. The molecular formula is C36H46N8. The van der Waals surface area contributed by atoms with Gasteiger partial charge in [-0.25, -0.2) is 4.98 Å². The van der Waals surface area contributed by atoms with Gasteiger partial charge in [0.25, 0.3) is 0 Å². The van der Waals surface area contributed by atoms with Crippen molar-refractivity contribution in [2.45, 2.75) is 100 Å². The summed E-state index contributed by atoms with van der Waals surface area (Å²) >= 11 is 0. The summed E-state index contributed by atoms with van der Waals surface area (Å²) in [5, 5.41) is 33.8. The standard InChI is InChI=1S/C36H46N8/c1-11-24-15-21(5)16-25(12-2)31(24)38-29-19-23(7)30(41-43-34-28(20-37)33(42-44-34)36(8,9)10)35(39-29)40-32-26(13-3)17-22(6)18-27(32)14-4/h15-19H,11-14H2,1-10H3,(H,42,44)(H2,38,39,40)/b43-41+. The van der Waals surface area contributed by atoms with Crippen LogP contribution in [0.4, 0.5) is 34.5 Å². The lowest BCUT2D eigenvalue weighted by Crippen LogP contribution is -2.13. The number of hydrogen-bond donors (Lipinski definition) is 3. The maximum Gasteiger partial charge on any atom is 0.188 e. The van der Waals surface area contributed by atoms with E-state index in [1.54, 1.807) is 0 Å². The number of hydrogen-bond acceptors (Lipinski definition) is 7. The first kappa shape index (κ1) is 32.4. The molecule has 0 unspecified atom stereocenters. The number of nitriles is 1. The Labute approximate surface area is 262 Å². The van der Waals surface area contributed by atoms with E-state index in [1.165, 1.54) is 33.4 Å². The first-order valence-electron chi connectivity index (χ1n) is 15.6. The Balaban J connectivity index is 1.89. The van der Waals surface area contributed by atoms with Crippen molar-refractivity contribution in [1.82, 2.24) is 15.2 Å². The predicted octanol–water partition coefficient (Wildman–Crippen LogP) is 10.1. The number of aryl methyl sites for hydroxylation is 7. The lowest BCUT2D eigenvalue weighted by molar-refractivity contribution is 0.565. The summed E-state index contributed by atoms with van der Waals surface area (Å²) in [6, 6.07) is 13.2. The van der Waals surface area contributed by atoms with Gasteiger partial charge in [0.2, 0.25) is 0 Å². The van der Waals surface area contributed by atoms with Gasteiger partial charge < -0.3 is 10.6 Å². The Morgan fingerprint density at radius 3 is 1.73 bits per heavy atom. The second-order valence-corrected chi connectivity index (χ2v) is 12.5. The van der Waals surface area contributed by atoms with Gasteiger partial charge >= 0.3 is 0 Å². The quantitative estimate of drug-likeness (QED) is 0.159. The van der Waals surface area contributed by atoms with E-state index in [9.17, 15) is 5.26 Å². The van der Waals surface area contributed by atoms with Crippen LogP contribution in [0.25, 0.3) is 0 Å². The summed E-state index contributed by atoms with van der Waals surface area (Å²) in [7, 11) is 0. The van der Waals surface area contributed by atoms with Crippen molar-refractivity contribution in [3.63, 3.8) is 0 Å². The SMILES string of the molecule is CCc1cc(C)cc(CC)c1Nc1cc(C)c(/N=N/c2[nH]nc(C(C)(C)C)c2C#N)c(Nc2c(CC)cc(C)cc2CC)n1. The lowest BCUT2D eigenvalue weighted by Gasteiger charge is -2.20. The Hall–Kier alpha value is -4.51. The molecule has 44 heavy (non-hydrogen) atoms. The monoisotopic (exact) mass is 590 g/mol. The molecule has 4 rings (SSSR count). The Morgan fingerprint density at radius 2 is 1.27 bits per heavy atom. The van der Waals surface area contributed by atoms with Crippen molar-refractivity contribution < 1.29 is 0 Å². The fourth-order valence-corrected chi connectivity index (χ4v) is 5.66. The molecule has 0 radical (unpaired) electrons. The van der Waals surface area contributed by atoms with E-state index in [2.05, 4.69) is 103 Å². The molecule has 0 bridgehead atoms. The van der Waals surface area contributed by atoms with Crippen LogP contribution in [-0.2, 0) is 31.1 Å². The fraction of sp³-hybridized carbons (Fsp3) is 0.417. The molecule has 0 spiro atoms. The molecule has 0 aliphatic rings. The van der Waals surface area contributed by atoms with Crippen LogP contribution in [0.2, 0.25) is 0 Å². The molecule has 0 atom stereocenters. The molecule has 8 nitrogen and oxygen atoms in total. The smallest absolute Gasteiger partial charge is 0.188 e. The third-order valence-electron chi connectivity index (χ3n) is 7.91. The molecule has 0 fully saturated rings. The lowest BCUT2D eigenvalue weighted by atomic mass is 9.90. The Bertz CT molecular complexity index is 1680. The molecule has 0 saturated carbocycles. The minimum Gasteiger partial charge on any atom is -0.340 e. The minimum absolute atomic E-state index is 0.309. The zero-order valence-electron chi connectivity index (χ0n) is 28.0. The van der Waals surface area contributed by atoms with Crippen molar-refractivity contribution in [3.8, 4) is 6.07 Å². The third-order valence-corrected chi connectivity index (χ3v) is 7.91. The van der Waals surface area contributed by atoms with Crippen LogP contribution < -0.4 is 10.6 Å². The van der Waals surface area contributed by atoms with Gasteiger partial charge in [-0.1, -0.05) is 83.9 Å². The predicted molar refractivity (Wildman–Crippen MR) is 182 cm³/mol. The number of azo groups is 1. The summed E-state index contributed by atoms with van der Waals surface area (Å²) in [5.74, 6) is 1.67. The van der Waals surface area contributed by atoms with Gasteiger partial charge in [0.05, 0.1) is 5.69 Å². The summed E-state index contributed by atoms with van der Waals surface area (Å²) in [4.78, 5) is 5.10. The van der Waals surface area contributed by atoms with Gasteiger partial charge in [-0.2, -0.15) is 10.4 Å². The summed E-state index contributed by atoms with van der Waals surface area (Å²) in [6.07, 6.45) is 3.59. The molecule has 0 amide bonds. The van der Waals surface area contributed by atoms with E-state index in [1.807, 2.05) is 33.8 Å². The molecule has 8 heteroatoms. The number of pyridine rings is 1. The van der Waals surface area contributed by atoms with Crippen molar-refractivity contribution >= 4 is 34.5 Å². The van der Waals surface area contributed by atoms with Crippen molar-refractivity contribution in [2.24, 2.45) is 10.2 Å². The number of nitrogens with one attached hydrogen (secondary N) is 3. The second-order valence-electron chi connectivity index (χ2n) is 12.5. The highest BCUT2D eigenvalue weighted by Crippen LogP contribution is 2.38. The first-order chi connectivity index (χ1) is 20.9. The Kier molecular flexibility index (Phi) is 9.88. The van der Waals surface area contributed by atoms with Gasteiger partial charge in [-0.15, -0.1) is 10.2 Å². The molecule has 0 aliphatic carbocycles. The van der Waals surface area contributed by atoms with Crippen molar-refractivity contribution in [2.75, 3.05) is 10.6 Å². The molecule has 2 aromatic heterocycles. The van der Waals surface area contributed by atoms with Crippen LogP contribution in [0.5, 0.6) is 0 Å². The number of H-pyrrole nitrogens is 1. The van der Waals surface area contributed by atoms with E-state index in [0.29, 0.717) is 28.6 Å². The summed E-state index contributed by atoms with van der Waals surface area (Å²) < 4.78 is 0. The van der Waals surface area contributed by atoms with Crippen molar-refractivity contribution in [1.29, 1.82) is 5.26 Å². The number of aromatic amines is 1. The molecule has 230 valence electrons. The number of nitrogens with zero attached hydrogens (tertiary/aromatic N) is 5. The van der Waals surface area contributed by atoms with E-state index in [0.717, 1.165) is 48.4 Å². The van der Waals surface area contributed by atoms with Gasteiger partial charge in [-0.05, 0) is 80.3 Å². The average molecular weight is 591 g/mol. The average Bonchev–Trinajstić information content (AvgIpc) is 3.41. The van der Waals surface area contributed by atoms with Gasteiger partial charge in [0.1, 0.15) is 23.1 Å². The molecule has 2 aromatic carbocycles. The largest absolute Gasteiger partial charge is 0.340 e. The van der Waals surface area contributed by atoms with Crippen LogP contribution >= 0.6 is 0 Å². The molecule has 4 aromatic rings. The van der Waals surface area contributed by atoms with Gasteiger partial charge in [-0.3, -0.25) is 5.10 Å². The van der Waals surface area contributed by atoms with E-state index in [4.69, 9.17) is 4.98 Å². The molecule has 0 saturated heterocycles.